The standard InChI is InChI=1S/C21H26N4O.HI/c1-2-15-9-11-18(12-10-15)25-21(22)23-14-16-5-3-8-19(13-16)24-20(26)17-6-4-7-17;/h3,5,8-13,17H,2,4,6-7,14H2,1H3,(H,24,26)(H3,22,23,25);1H. The number of aryl methyl sites for hydroxylation is 1. The molecular weight excluding hydrogens is 451 g/mol. The topological polar surface area (TPSA) is 79.5 Å². The fourth-order valence-electron chi connectivity index (χ4n) is 2.85. The number of guanidine groups is 1. The van der Waals surface area contributed by atoms with E-state index in [4.69, 9.17) is 5.73 Å². The molecular formula is C21H27IN4O. The van der Waals surface area contributed by atoms with Crippen LogP contribution in [-0.4, -0.2) is 11.9 Å². The van der Waals surface area contributed by atoms with Crippen LogP contribution in [0.5, 0.6) is 0 Å². The maximum Gasteiger partial charge on any atom is 0.227 e. The van der Waals surface area contributed by atoms with Gasteiger partial charge in [-0.2, -0.15) is 0 Å². The number of aliphatic imine (C=N–C) groups is 1. The lowest BCUT2D eigenvalue weighted by Crippen LogP contribution is -2.28. The van der Waals surface area contributed by atoms with E-state index in [2.05, 4.69) is 34.7 Å². The summed E-state index contributed by atoms with van der Waals surface area (Å²) in [6.07, 6.45) is 4.16. The van der Waals surface area contributed by atoms with Crippen molar-refractivity contribution in [3.63, 3.8) is 0 Å². The summed E-state index contributed by atoms with van der Waals surface area (Å²) in [6, 6.07) is 15.9. The smallest absolute Gasteiger partial charge is 0.227 e. The summed E-state index contributed by atoms with van der Waals surface area (Å²) in [4.78, 5) is 16.4. The van der Waals surface area contributed by atoms with Gasteiger partial charge in [0.05, 0.1) is 6.54 Å². The Balaban J connectivity index is 0.00000261. The molecule has 0 atom stereocenters. The van der Waals surface area contributed by atoms with Crippen molar-refractivity contribution in [3.05, 3.63) is 59.7 Å². The zero-order valence-corrected chi connectivity index (χ0v) is 17.9. The molecule has 0 spiro atoms. The minimum atomic E-state index is 0. The maximum atomic E-state index is 12.1. The first-order valence-electron chi connectivity index (χ1n) is 9.19. The van der Waals surface area contributed by atoms with Gasteiger partial charge in [0, 0.05) is 17.3 Å². The molecule has 5 nitrogen and oxygen atoms in total. The van der Waals surface area contributed by atoms with Crippen molar-refractivity contribution >= 4 is 47.2 Å². The van der Waals surface area contributed by atoms with Crippen molar-refractivity contribution in [2.24, 2.45) is 16.6 Å². The number of nitrogens with two attached hydrogens (primary N) is 1. The molecule has 6 heteroatoms. The summed E-state index contributed by atoms with van der Waals surface area (Å²) in [6.45, 7) is 2.58. The third-order valence-corrected chi connectivity index (χ3v) is 4.74. The highest BCUT2D eigenvalue weighted by molar-refractivity contribution is 14.0. The number of carbonyl (C=O) groups is 1. The molecule has 0 bridgehead atoms. The number of hydrogen-bond donors (Lipinski definition) is 3. The maximum absolute atomic E-state index is 12.1. The van der Waals surface area contributed by atoms with Crippen molar-refractivity contribution in [1.82, 2.24) is 0 Å². The zero-order valence-electron chi connectivity index (χ0n) is 15.6. The van der Waals surface area contributed by atoms with Gasteiger partial charge in [-0.05, 0) is 54.7 Å². The van der Waals surface area contributed by atoms with Crippen molar-refractivity contribution in [2.45, 2.75) is 39.2 Å². The van der Waals surface area contributed by atoms with Crippen LogP contribution in [0.25, 0.3) is 0 Å². The number of rotatable bonds is 6. The van der Waals surface area contributed by atoms with Crippen LogP contribution in [0.3, 0.4) is 0 Å². The van der Waals surface area contributed by atoms with Gasteiger partial charge in [-0.15, -0.1) is 24.0 Å². The second kappa shape index (κ2) is 10.3. The van der Waals surface area contributed by atoms with Gasteiger partial charge in [-0.25, -0.2) is 4.99 Å². The molecule has 4 N–H and O–H groups in total. The number of anilines is 2. The van der Waals surface area contributed by atoms with Crippen LogP contribution < -0.4 is 16.4 Å². The molecule has 27 heavy (non-hydrogen) atoms. The summed E-state index contributed by atoms with van der Waals surface area (Å²) in [5, 5.41) is 6.09. The molecule has 1 aliphatic rings. The number of benzene rings is 2. The number of halogens is 1. The SMILES string of the molecule is CCc1ccc(NC(N)=NCc2cccc(NC(=O)C3CCC3)c2)cc1.I. The first-order chi connectivity index (χ1) is 12.6. The molecule has 0 heterocycles. The minimum Gasteiger partial charge on any atom is -0.370 e. The first kappa shape index (κ1) is 21.2. The Bertz CT molecular complexity index is 785. The fourth-order valence-corrected chi connectivity index (χ4v) is 2.85. The van der Waals surface area contributed by atoms with E-state index >= 15 is 0 Å². The molecule has 1 saturated carbocycles. The Morgan fingerprint density at radius 3 is 2.44 bits per heavy atom. The lowest BCUT2D eigenvalue weighted by molar-refractivity contribution is -0.122. The Morgan fingerprint density at radius 2 is 1.81 bits per heavy atom. The van der Waals surface area contributed by atoms with E-state index in [0.29, 0.717) is 12.5 Å². The first-order valence-corrected chi connectivity index (χ1v) is 9.19. The largest absolute Gasteiger partial charge is 0.370 e. The van der Waals surface area contributed by atoms with Crippen molar-refractivity contribution in [3.8, 4) is 0 Å². The predicted molar refractivity (Wildman–Crippen MR) is 123 cm³/mol. The van der Waals surface area contributed by atoms with Crippen LogP contribution in [0.2, 0.25) is 0 Å². The molecule has 144 valence electrons. The molecule has 3 rings (SSSR count). The zero-order chi connectivity index (χ0) is 18.4. The van der Waals surface area contributed by atoms with Gasteiger partial charge in [0.1, 0.15) is 0 Å². The van der Waals surface area contributed by atoms with Gasteiger partial charge in [0.15, 0.2) is 5.96 Å². The van der Waals surface area contributed by atoms with Crippen molar-refractivity contribution in [2.75, 3.05) is 10.6 Å². The number of amides is 1. The fraction of sp³-hybridized carbons (Fsp3) is 0.333. The monoisotopic (exact) mass is 478 g/mol. The summed E-state index contributed by atoms with van der Waals surface area (Å²) in [5.74, 6) is 0.669. The van der Waals surface area contributed by atoms with Crippen molar-refractivity contribution in [1.29, 1.82) is 0 Å². The van der Waals surface area contributed by atoms with E-state index in [1.165, 1.54) is 5.56 Å². The van der Waals surface area contributed by atoms with Crippen molar-refractivity contribution < 1.29 is 4.79 Å². The average molecular weight is 478 g/mol. The highest BCUT2D eigenvalue weighted by atomic mass is 127. The second-order valence-corrected chi connectivity index (χ2v) is 6.69. The van der Waals surface area contributed by atoms with Gasteiger partial charge in [-0.1, -0.05) is 37.6 Å². The van der Waals surface area contributed by atoms with E-state index in [1.54, 1.807) is 0 Å². The van der Waals surface area contributed by atoms with Gasteiger partial charge in [0.25, 0.3) is 0 Å². The van der Waals surface area contributed by atoms with E-state index in [-0.39, 0.29) is 35.8 Å². The van der Waals surface area contributed by atoms with Gasteiger partial charge < -0.3 is 16.4 Å². The summed E-state index contributed by atoms with van der Waals surface area (Å²) >= 11 is 0. The number of hydrogen-bond acceptors (Lipinski definition) is 2. The summed E-state index contributed by atoms with van der Waals surface area (Å²) < 4.78 is 0. The normalized spacial score (nSPS) is 14.0. The lowest BCUT2D eigenvalue weighted by Gasteiger charge is -2.24. The molecule has 2 aromatic carbocycles. The van der Waals surface area contributed by atoms with E-state index in [0.717, 1.165) is 42.6 Å². The Labute approximate surface area is 177 Å². The lowest BCUT2D eigenvalue weighted by atomic mass is 9.85. The second-order valence-electron chi connectivity index (χ2n) is 6.69. The number of nitrogens with zero attached hydrogens (tertiary/aromatic N) is 1. The van der Waals surface area contributed by atoms with Gasteiger partial charge in [0.2, 0.25) is 5.91 Å². The van der Waals surface area contributed by atoms with Crippen LogP contribution in [0.4, 0.5) is 11.4 Å². The number of nitrogens with one attached hydrogen (secondary N) is 2. The van der Waals surface area contributed by atoms with Gasteiger partial charge >= 0.3 is 0 Å². The molecule has 1 amide bonds. The van der Waals surface area contributed by atoms with Crippen LogP contribution in [0, 0.1) is 5.92 Å². The molecule has 0 unspecified atom stereocenters. The molecule has 0 aromatic heterocycles. The highest BCUT2D eigenvalue weighted by Crippen LogP contribution is 2.27. The minimum absolute atomic E-state index is 0. The van der Waals surface area contributed by atoms with E-state index < -0.39 is 0 Å². The molecule has 0 saturated heterocycles. The van der Waals surface area contributed by atoms with Crippen LogP contribution in [-0.2, 0) is 17.8 Å². The van der Waals surface area contributed by atoms with Crippen LogP contribution >= 0.6 is 24.0 Å². The number of carbonyl (C=O) groups excluding carboxylic acids is 1. The Morgan fingerprint density at radius 1 is 1.07 bits per heavy atom. The van der Waals surface area contributed by atoms with Crippen LogP contribution in [0.15, 0.2) is 53.5 Å². The highest BCUT2D eigenvalue weighted by Gasteiger charge is 2.25. The summed E-state index contributed by atoms with van der Waals surface area (Å²) in [7, 11) is 0. The quantitative estimate of drug-likeness (QED) is 0.324. The van der Waals surface area contributed by atoms with E-state index in [9.17, 15) is 4.79 Å². The Hall–Kier alpha value is -2.09. The Kier molecular flexibility index (Phi) is 8.09. The van der Waals surface area contributed by atoms with E-state index in [1.807, 2.05) is 36.4 Å². The van der Waals surface area contributed by atoms with Gasteiger partial charge in [-0.3, -0.25) is 4.79 Å². The third-order valence-electron chi connectivity index (χ3n) is 4.74. The summed E-state index contributed by atoms with van der Waals surface area (Å²) in [5.41, 5.74) is 10.0. The molecule has 2 aromatic rings. The molecule has 1 fully saturated rings. The van der Waals surface area contributed by atoms with Crippen LogP contribution in [0.1, 0.15) is 37.3 Å². The average Bonchev–Trinajstić information content (AvgIpc) is 2.59. The molecule has 0 aliphatic heterocycles. The molecule has 1 aliphatic carbocycles. The predicted octanol–water partition coefficient (Wildman–Crippen LogP) is 4.53. The third kappa shape index (κ3) is 6.23. The molecule has 0 radical (unpaired) electrons.